The molecule has 0 bridgehead atoms. The monoisotopic (exact) mass is 297 g/mol. The summed E-state index contributed by atoms with van der Waals surface area (Å²) in [6, 6.07) is 2.62. The average Bonchev–Trinajstić information content (AvgIpc) is 2.32. The summed E-state index contributed by atoms with van der Waals surface area (Å²) in [6.07, 6.45) is -0.482. The van der Waals surface area contributed by atoms with Crippen molar-refractivity contribution in [1.82, 2.24) is 10.3 Å². The molecular weight excluding hydrogens is 277 g/mol. The van der Waals surface area contributed by atoms with E-state index in [0.717, 1.165) is 0 Å². The van der Waals surface area contributed by atoms with Gasteiger partial charge in [0, 0.05) is 13.1 Å². The molecule has 116 valence electrons. The number of nitrogens with zero attached hydrogens (tertiary/aromatic N) is 2. The number of ether oxygens (including phenoxy) is 1. The molecule has 0 spiro atoms. The first-order chi connectivity index (χ1) is 9.78. The maximum atomic E-state index is 13.7. The van der Waals surface area contributed by atoms with Crippen molar-refractivity contribution in [1.29, 1.82) is 0 Å². The Balaban J connectivity index is 1.88. The number of hydrogen-bond donors (Lipinski definition) is 2. The molecule has 1 amide bonds. The largest absolute Gasteiger partial charge is 0.444 e. The number of alkyl carbamates (subject to hydrolysis) is 1. The van der Waals surface area contributed by atoms with Gasteiger partial charge in [0.05, 0.1) is 18.3 Å². The average molecular weight is 297 g/mol. The van der Waals surface area contributed by atoms with Crippen molar-refractivity contribution in [2.24, 2.45) is 0 Å². The van der Waals surface area contributed by atoms with Gasteiger partial charge in [-0.3, -0.25) is 0 Å². The number of nitrogens with one attached hydrogen (secondary N) is 1. The second-order valence-electron chi connectivity index (χ2n) is 6.01. The van der Waals surface area contributed by atoms with E-state index in [1.165, 1.54) is 12.1 Å². The zero-order chi connectivity index (χ0) is 15.6. The molecule has 1 aromatic heterocycles. The molecule has 0 aliphatic carbocycles. The van der Waals surface area contributed by atoms with Crippen molar-refractivity contribution in [3.8, 4) is 0 Å². The Kier molecular flexibility index (Phi) is 4.32. The first-order valence-electron chi connectivity index (χ1n) is 6.79. The van der Waals surface area contributed by atoms with Gasteiger partial charge in [0.1, 0.15) is 5.60 Å². The van der Waals surface area contributed by atoms with E-state index >= 15 is 0 Å². The maximum absolute atomic E-state index is 13.7. The smallest absolute Gasteiger partial charge is 0.407 e. The molecule has 2 rings (SSSR count). The minimum absolute atomic E-state index is 0.0983. The summed E-state index contributed by atoms with van der Waals surface area (Å²) in [5, 5.41) is 11.7. The molecule has 7 heteroatoms. The van der Waals surface area contributed by atoms with Gasteiger partial charge < -0.3 is 20.1 Å². The third kappa shape index (κ3) is 4.04. The van der Waals surface area contributed by atoms with E-state index in [-0.39, 0.29) is 18.5 Å². The van der Waals surface area contributed by atoms with Crippen LogP contribution in [0.15, 0.2) is 12.1 Å². The Morgan fingerprint density at radius 2 is 2.19 bits per heavy atom. The van der Waals surface area contributed by atoms with E-state index < -0.39 is 17.5 Å². The number of pyridine rings is 1. The summed E-state index contributed by atoms with van der Waals surface area (Å²) in [5.74, 6) is -0.244. The molecule has 2 N–H and O–H groups in total. The molecule has 1 aliphatic heterocycles. The highest BCUT2D eigenvalue weighted by atomic mass is 19.1. The van der Waals surface area contributed by atoms with E-state index in [1.54, 1.807) is 25.7 Å². The van der Waals surface area contributed by atoms with Crippen molar-refractivity contribution in [3.63, 3.8) is 0 Å². The van der Waals surface area contributed by atoms with Crippen LogP contribution in [0, 0.1) is 5.82 Å². The lowest BCUT2D eigenvalue weighted by molar-refractivity contribution is 0.0496. The van der Waals surface area contributed by atoms with Gasteiger partial charge in [-0.25, -0.2) is 14.2 Å². The SMILES string of the molecule is CC(C)(C)OC(=O)NC1CN(c2nc(CO)ccc2F)C1. The van der Waals surface area contributed by atoms with E-state index in [0.29, 0.717) is 18.8 Å². The number of aliphatic hydroxyl groups is 1. The molecule has 0 unspecified atom stereocenters. The van der Waals surface area contributed by atoms with Gasteiger partial charge >= 0.3 is 6.09 Å². The lowest BCUT2D eigenvalue weighted by Gasteiger charge is -2.40. The molecule has 0 radical (unpaired) electrons. The summed E-state index contributed by atoms with van der Waals surface area (Å²) in [6.45, 7) is 6.05. The highest BCUT2D eigenvalue weighted by Crippen LogP contribution is 2.22. The number of hydrogen-bond acceptors (Lipinski definition) is 5. The Bertz CT molecular complexity index is 525. The third-order valence-electron chi connectivity index (χ3n) is 2.95. The molecule has 1 saturated heterocycles. The fraction of sp³-hybridized carbons (Fsp3) is 0.571. The molecule has 0 saturated carbocycles. The van der Waals surface area contributed by atoms with E-state index in [9.17, 15) is 9.18 Å². The predicted octanol–water partition coefficient (Wildman–Crippen LogP) is 1.43. The van der Waals surface area contributed by atoms with Gasteiger partial charge in [0.15, 0.2) is 11.6 Å². The zero-order valence-electron chi connectivity index (χ0n) is 12.4. The number of carbonyl (C=O) groups is 1. The molecule has 0 aromatic carbocycles. The van der Waals surface area contributed by atoms with Crippen molar-refractivity contribution in [3.05, 3.63) is 23.6 Å². The van der Waals surface area contributed by atoms with Gasteiger partial charge in [0.2, 0.25) is 0 Å². The van der Waals surface area contributed by atoms with Gasteiger partial charge in [-0.15, -0.1) is 0 Å². The van der Waals surface area contributed by atoms with Gasteiger partial charge in [-0.2, -0.15) is 0 Å². The zero-order valence-corrected chi connectivity index (χ0v) is 12.4. The summed E-state index contributed by atoms with van der Waals surface area (Å²) >= 11 is 0. The van der Waals surface area contributed by atoms with Crippen LogP contribution in [-0.2, 0) is 11.3 Å². The predicted molar refractivity (Wildman–Crippen MR) is 75.5 cm³/mol. The molecular formula is C14H20FN3O3. The third-order valence-corrected chi connectivity index (χ3v) is 2.95. The summed E-state index contributed by atoms with van der Waals surface area (Å²) < 4.78 is 18.8. The van der Waals surface area contributed by atoms with Crippen LogP contribution in [0.5, 0.6) is 0 Å². The molecule has 1 aromatic rings. The lowest BCUT2D eigenvalue weighted by Crippen LogP contribution is -2.60. The highest BCUT2D eigenvalue weighted by molar-refractivity contribution is 5.68. The number of carbonyl (C=O) groups excluding carboxylic acids is 1. The second-order valence-corrected chi connectivity index (χ2v) is 6.01. The second kappa shape index (κ2) is 5.85. The van der Waals surface area contributed by atoms with Crippen LogP contribution in [-0.4, -0.2) is 40.9 Å². The Morgan fingerprint density at radius 1 is 1.52 bits per heavy atom. The molecule has 0 atom stereocenters. The van der Waals surface area contributed by atoms with Gasteiger partial charge in [0.25, 0.3) is 0 Å². The number of halogens is 1. The molecule has 6 nitrogen and oxygen atoms in total. The summed E-state index contributed by atoms with van der Waals surface area (Å²) in [5.41, 5.74) is -0.133. The molecule has 21 heavy (non-hydrogen) atoms. The van der Waals surface area contributed by atoms with Crippen LogP contribution in [0.25, 0.3) is 0 Å². The molecule has 1 aliphatic rings. The van der Waals surface area contributed by atoms with Crippen LogP contribution < -0.4 is 10.2 Å². The normalized spacial score (nSPS) is 15.6. The van der Waals surface area contributed by atoms with Crippen LogP contribution >= 0.6 is 0 Å². The number of aliphatic hydroxyl groups excluding tert-OH is 1. The minimum Gasteiger partial charge on any atom is -0.444 e. The van der Waals surface area contributed by atoms with Crippen molar-refractivity contribution in [2.45, 2.75) is 39.0 Å². The Hall–Kier alpha value is -1.89. The topological polar surface area (TPSA) is 74.7 Å². The first-order valence-corrected chi connectivity index (χ1v) is 6.79. The van der Waals surface area contributed by atoms with Crippen LogP contribution in [0.2, 0.25) is 0 Å². The fourth-order valence-corrected chi connectivity index (χ4v) is 2.00. The lowest BCUT2D eigenvalue weighted by atomic mass is 10.1. The Labute approximate surface area is 122 Å². The number of aromatic nitrogens is 1. The summed E-state index contributed by atoms with van der Waals surface area (Å²) in [7, 11) is 0. The quantitative estimate of drug-likeness (QED) is 0.882. The standard InChI is InChI=1S/C14H20FN3O3/c1-14(2,3)21-13(20)17-10-6-18(7-10)12-11(15)5-4-9(8-19)16-12/h4-5,10,19H,6-8H2,1-3H3,(H,17,20). The van der Waals surface area contributed by atoms with Crippen LogP contribution in [0.3, 0.4) is 0 Å². The van der Waals surface area contributed by atoms with Crippen LogP contribution in [0.4, 0.5) is 15.0 Å². The van der Waals surface area contributed by atoms with Crippen molar-refractivity contribution in [2.75, 3.05) is 18.0 Å². The highest BCUT2D eigenvalue weighted by Gasteiger charge is 2.32. The van der Waals surface area contributed by atoms with E-state index in [2.05, 4.69) is 10.3 Å². The Morgan fingerprint density at radius 3 is 2.76 bits per heavy atom. The fourth-order valence-electron chi connectivity index (χ4n) is 2.00. The number of amides is 1. The summed E-state index contributed by atoms with van der Waals surface area (Å²) in [4.78, 5) is 17.3. The van der Waals surface area contributed by atoms with Gasteiger partial charge in [-0.1, -0.05) is 0 Å². The first kappa shape index (κ1) is 15.5. The molecule has 2 heterocycles. The number of anilines is 1. The van der Waals surface area contributed by atoms with Crippen molar-refractivity contribution < 1.29 is 19.0 Å². The molecule has 1 fully saturated rings. The van der Waals surface area contributed by atoms with Gasteiger partial charge in [-0.05, 0) is 32.9 Å². The van der Waals surface area contributed by atoms with Crippen LogP contribution in [0.1, 0.15) is 26.5 Å². The van der Waals surface area contributed by atoms with E-state index in [4.69, 9.17) is 9.84 Å². The van der Waals surface area contributed by atoms with Crippen molar-refractivity contribution >= 4 is 11.9 Å². The maximum Gasteiger partial charge on any atom is 0.407 e. The minimum atomic E-state index is -0.545. The van der Waals surface area contributed by atoms with E-state index in [1.807, 2.05) is 0 Å². The number of rotatable bonds is 3.